The van der Waals surface area contributed by atoms with E-state index in [0.29, 0.717) is 11.2 Å². The Bertz CT molecular complexity index is 1950. The third kappa shape index (κ3) is 3.13. The van der Waals surface area contributed by atoms with Crippen LogP contribution in [0.15, 0.2) is 115 Å². The predicted molar refractivity (Wildman–Crippen MR) is 169 cm³/mol. The molecule has 0 N–H and O–H groups in total. The molecule has 0 radical (unpaired) electrons. The van der Waals surface area contributed by atoms with Crippen molar-refractivity contribution in [3.8, 4) is 43.1 Å². The number of rotatable bonds is 3. The first-order chi connectivity index (χ1) is 19.2. The molecule has 39 heavy (non-hydrogen) atoms. The Kier molecular flexibility index (Phi) is 4.56. The molecule has 2 heteroatoms. The van der Waals surface area contributed by atoms with E-state index < -0.39 is 0 Å². The third-order valence-corrected chi connectivity index (χ3v) is 11.3. The Labute approximate surface area is 236 Å². The fourth-order valence-electron chi connectivity index (χ4n) is 6.76. The fraction of sp³-hybridized carbons (Fsp3) is 0.0811. The molecule has 5 aromatic carbocycles. The molecule has 0 bridgehead atoms. The molecule has 9 rings (SSSR count). The van der Waals surface area contributed by atoms with Crippen molar-refractivity contribution < 1.29 is 0 Å². The lowest BCUT2D eigenvalue weighted by molar-refractivity contribution is 0.878. The van der Waals surface area contributed by atoms with E-state index in [4.69, 9.17) is 0 Å². The van der Waals surface area contributed by atoms with E-state index in [0.717, 1.165) is 0 Å². The summed E-state index contributed by atoms with van der Waals surface area (Å²) in [6.07, 6.45) is 2.53. The van der Waals surface area contributed by atoms with E-state index in [1.165, 1.54) is 81.1 Å². The summed E-state index contributed by atoms with van der Waals surface area (Å²) in [7, 11) is 0. The highest BCUT2D eigenvalue weighted by molar-refractivity contribution is 8.08. The summed E-state index contributed by atoms with van der Waals surface area (Å²) in [5, 5.41) is 3.49. The minimum atomic E-state index is 0.461. The van der Waals surface area contributed by atoms with Gasteiger partial charge in [0.15, 0.2) is 0 Å². The predicted octanol–water partition coefficient (Wildman–Crippen LogP) is 11.1. The molecule has 3 aliphatic rings. The van der Waals surface area contributed by atoms with Crippen LogP contribution in [0.4, 0.5) is 0 Å². The van der Waals surface area contributed by atoms with Gasteiger partial charge in [-0.3, -0.25) is 0 Å². The van der Waals surface area contributed by atoms with Gasteiger partial charge in [-0.2, -0.15) is 0 Å². The van der Waals surface area contributed by atoms with Crippen molar-refractivity contribution in [2.45, 2.75) is 18.1 Å². The van der Waals surface area contributed by atoms with E-state index in [2.05, 4.69) is 134 Å². The number of benzene rings is 5. The number of allylic oxidation sites excluding steroid dienone is 1. The van der Waals surface area contributed by atoms with E-state index in [1.807, 2.05) is 11.3 Å². The normalized spacial score (nSPS) is 17.9. The molecule has 2 aliphatic carbocycles. The molecule has 1 aromatic heterocycles. The molecule has 184 valence electrons. The van der Waals surface area contributed by atoms with Crippen LogP contribution >= 0.6 is 23.1 Å². The van der Waals surface area contributed by atoms with Gasteiger partial charge in [0, 0.05) is 37.0 Å². The maximum Gasteiger partial charge on any atom is 0.0454 e. The van der Waals surface area contributed by atoms with Gasteiger partial charge in [-0.15, -0.1) is 23.1 Å². The number of hydrogen-bond acceptors (Lipinski definition) is 2. The second-order valence-corrected chi connectivity index (χ2v) is 13.1. The Morgan fingerprint density at radius 1 is 0.564 bits per heavy atom. The Balaban J connectivity index is 1.10. The van der Waals surface area contributed by atoms with Crippen LogP contribution in [-0.2, 0) is 0 Å². The van der Waals surface area contributed by atoms with Gasteiger partial charge in [0.25, 0.3) is 0 Å². The molecule has 0 amide bonds. The molecule has 2 atom stereocenters. The molecule has 2 heterocycles. The van der Waals surface area contributed by atoms with Gasteiger partial charge in [-0.05, 0) is 62.7 Å². The van der Waals surface area contributed by atoms with Crippen LogP contribution in [0.1, 0.15) is 33.4 Å². The first-order valence-corrected chi connectivity index (χ1v) is 15.3. The summed E-state index contributed by atoms with van der Waals surface area (Å²) in [4.78, 5) is 4.20. The van der Waals surface area contributed by atoms with Crippen molar-refractivity contribution in [3.63, 3.8) is 0 Å². The topological polar surface area (TPSA) is 0 Å². The number of thioether (sulfide) groups is 1. The van der Waals surface area contributed by atoms with Crippen molar-refractivity contribution >= 4 is 38.8 Å². The second-order valence-electron chi connectivity index (χ2n) is 10.9. The van der Waals surface area contributed by atoms with E-state index in [1.54, 1.807) is 0 Å². The van der Waals surface area contributed by atoms with Gasteiger partial charge in [0.1, 0.15) is 0 Å². The maximum absolute atomic E-state index is 2.53. The molecule has 2 unspecified atom stereocenters. The molecule has 0 nitrogen and oxygen atoms in total. The van der Waals surface area contributed by atoms with Gasteiger partial charge < -0.3 is 0 Å². The van der Waals surface area contributed by atoms with Crippen molar-refractivity contribution in [2.24, 2.45) is 0 Å². The molecular formula is C37H24S2. The van der Waals surface area contributed by atoms with Crippen LogP contribution in [0.5, 0.6) is 0 Å². The maximum atomic E-state index is 2.53. The molecular weight excluding hydrogens is 509 g/mol. The van der Waals surface area contributed by atoms with Crippen LogP contribution in [0.3, 0.4) is 0 Å². The fourth-order valence-corrected chi connectivity index (χ4v) is 9.44. The summed E-state index contributed by atoms with van der Waals surface area (Å²) in [5.74, 6) is 0.461. The molecule has 1 aliphatic heterocycles. The summed E-state index contributed by atoms with van der Waals surface area (Å²) in [5.41, 5.74) is 13.8. The molecule has 0 spiro atoms. The second kappa shape index (κ2) is 8.08. The number of fused-ring (bicyclic) bond motifs is 6. The van der Waals surface area contributed by atoms with Crippen LogP contribution in [0.25, 0.3) is 58.8 Å². The Hall–Kier alpha value is -3.85. The standard InChI is InChI=1S/C37H24S2/c1-21-7-9-24(10-8-21)32-19-30-26-15-18-29-35-27(16-17-28(34(26)35)36(30)38-32)31-20-33(39-37(29)31)25-13-11-23(12-14-25)22-5-3-2-4-6-22/h2-20,30,36H,1H3. The lowest BCUT2D eigenvalue weighted by atomic mass is 9.96. The van der Waals surface area contributed by atoms with Gasteiger partial charge in [-0.1, -0.05) is 115 Å². The summed E-state index contributed by atoms with van der Waals surface area (Å²) in [6.45, 7) is 2.16. The Morgan fingerprint density at radius 2 is 1.26 bits per heavy atom. The van der Waals surface area contributed by atoms with E-state index in [9.17, 15) is 0 Å². The van der Waals surface area contributed by atoms with Crippen molar-refractivity contribution in [1.29, 1.82) is 0 Å². The average molecular weight is 533 g/mol. The van der Waals surface area contributed by atoms with Gasteiger partial charge in [-0.25, -0.2) is 0 Å². The zero-order valence-corrected chi connectivity index (χ0v) is 23.1. The van der Waals surface area contributed by atoms with E-state index in [-0.39, 0.29) is 0 Å². The van der Waals surface area contributed by atoms with Crippen molar-refractivity contribution in [3.05, 3.63) is 138 Å². The molecule has 0 saturated carbocycles. The van der Waals surface area contributed by atoms with Crippen LogP contribution in [-0.4, -0.2) is 0 Å². The smallest absolute Gasteiger partial charge is 0.0454 e. The van der Waals surface area contributed by atoms with Crippen molar-refractivity contribution in [2.75, 3.05) is 0 Å². The van der Waals surface area contributed by atoms with Crippen LogP contribution in [0.2, 0.25) is 0 Å². The number of aryl methyl sites for hydroxylation is 1. The first kappa shape index (κ1) is 22.0. The van der Waals surface area contributed by atoms with Gasteiger partial charge in [0.05, 0.1) is 0 Å². The molecule has 0 fully saturated rings. The SMILES string of the molecule is Cc1ccc(C2=CC3c4ccc5c6c(ccc(c46)C3S2)-c2cc(-c3ccc(-c4ccccc4)cc3)sc2-5)cc1. The van der Waals surface area contributed by atoms with Crippen LogP contribution < -0.4 is 0 Å². The van der Waals surface area contributed by atoms with E-state index >= 15 is 0 Å². The van der Waals surface area contributed by atoms with Crippen molar-refractivity contribution in [1.82, 2.24) is 0 Å². The number of hydrogen-bond donors (Lipinski definition) is 0. The largest absolute Gasteiger partial charge is 0.135 e. The monoisotopic (exact) mass is 532 g/mol. The van der Waals surface area contributed by atoms with Gasteiger partial charge >= 0.3 is 0 Å². The highest BCUT2D eigenvalue weighted by atomic mass is 32.2. The minimum Gasteiger partial charge on any atom is -0.135 e. The average Bonchev–Trinajstić information content (AvgIpc) is 3.73. The Morgan fingerprint density at radius 3 is 2.08 bits per heavy atom. The third-order valence-electron chi connectivity index (χ3n) is 8.68. The highest BCUT2D eigenvalue weighted by Gasteiger charge is 2.41. The first-order valence-electron chi connectivity index (χ1n) is 13.6. The van der Waals surface area contributed by atoms with Gasteiger partial charge in [0.2, 0.25) is 0 Å². The summed E-state index contributed by atoms with van der Waals surface area (Å²) in [6, 6.07) is 40.8. The minimum absolute atomic E-state index is 0.461. The quantitative estimate of drug-likeness (QED) is 0.218. The summed E-state index contributed by atoms with van der Waals surface area (Å²) >= 11 is 3.99. The van der Waals surface area contributed by atoms with Crippen LogP contribution in [0, 0.1) is 6.92 Å². The number of thiophene rings is 1. The zero-order valence-electron chi connectivity index (χ0n) is 21.4. The lowest BCUT2D eigenvalue weighted by Crippen LogP contribution is -1.92. The molecule has 6 aromatic rings. The highest BCUT2D eigenvalue weighted by Crippen LogP contribution is 2.64. The summed E-state index contributed by atoms with van der Waals surface area (Å²) < 4.78 is 0. The zero-order chi connectivity index (χ0) is 25.7. The molecule has 0 saturated heterocycles. The lowest BCUT2D eigenvalue weighted by Gasteiger charge is -2.11.